The lowest BCUT2D eigenvalue weighted by molar-refractivity contribution is 0.0614. The number of carbonyl (C=O) groups excluding carboxylic acids is 1. The summed E-state index contributed by atoms with van der Waals surface area (Å²) in [6.45, 7) is 2.38. The maximum Gasteiger partial charge on any atom is 0.330 e. The fourth-order valence-corrected chi connectivity index (χ4v) is 7.05. The molecule has 1 amide bonds. The van der Waals surface area contributed by atoms with Gasteiger partial charge in [0.1, 0.15) is 5.56 Å². The number of carbonyl (C=O) groups is 1. The third-order valence-corrected chi connectivity index (χ3v) is 9.51. The Bertz CT molecular complexity index is 2320. The van der Waals surface area contributed by atoms with Crippen molar-refractivity contribution in [2.24, 2.45) is 19.1 Å². The molecule has 47 heavy (non-hydrogen) atoms. The zero-order chi connectivity index (χ0) is 32.8. The average Bonchev–Trinajstić information content (AvgIpc) is 3.37. The van der Waals surface area contributed by atoms with Gasteiger partial charge in [0.15, 0.2) is 0 Å². The minimum Gasteiger partial charge on any atom is -0.494 e. The topological polar surface area (TPSA) is 113 Å². The molecule has 2 atom stereocenters. The molecule has 0 aliphatic carbocycles. The van der Waals surface area contributed by atoms with E-state index in [1.807, 2.05) is 59.5 Å². The molecule has 2 N–H and O–H groups in total. The number of aromatic amines is 1. The van der Waals surface area contributed by atoms with E-state index >= 15 is 0 Å². The van der Waals surface area contributed by atoms with Crippen LogP contribution < -0.4 is 11.2 Å². The van der Waals surface area contributed by atoms with Gasteiger partial charge in [-0.1, -0.05) is 72.8 Å². The number of benzene rings is 4. The number of rotatable bonds is 7. The summed E-state index contributed by atoms with van der Waals surface area (Å²) in [5, 5.41) is 13.0. The number of aliphatic imine (C=N–C) groups is 1. The molecule has 0 saturated heterocycles. The number of H-pyrrole nitrogens is 1. The number of aromatic hydroxyl groups is 1. The molecular formula is C38H35N5O4. The van der Waals surface area contributed by atoms with E-state index in [4.69, 9.17) is 4.99 Å². The van der Waals surface area contributed by atoms with Crippen molar-refractivity contribution in [2.45, 2.75) is 25.3 Å². The van der Waals surface area contributed by atoms with Crippen LogP contribution in [0, 0.1) is 0 Å². The van der Waals surface area contributed by atoms with E-state index in [1.54, 1.807) is 6.92 Å². The van der Waals surface area contributed by atoms with Crippen LogP contribution >= 0.6 is 0 Å². The summed E-state index contributed by atoms with van der Waals surface area (Å²) in [7, 11) is 3.45. The van der Waals surface area contributed by atoms with E-state index in [9.17, 15) is 19.5 Å². The van der Waals surface area contributed by atoms with Gasteiger partial charge in [-0.05, 0) is 54.3 Å². The van der Waals surface area contributed by atoms with Crippen molar-refractivity contribution in [2.75, 3.05) is 13.1 Å². The van der Waals surface area contributed by atoms with Crippen LogP contribution in [0.1, 0.15) is 51.5 Å². The van der Waals surface area contributed by atoms with Gasteiger partial charge in [0.25, 0.3) is 11.5 Å². The van der Waals surface area contributed by atoms with Crippen LogP contribution in [-0.4, -0.2) is 48.8 Å². The van der Waals surface area contributed by atoms with Gasteiger partial charge in [0, 0.05) is 66.2 Å². The van der Waals surface area contributed by atoms with Crippen LogP contribution in [0.3, 0.4) is 0 Å². The van der Waals surface area contributed by atoms with E-state index in [2.05, 4.69) is 59.1 Å². The van der Waals surface area contributed by atoms with Gasteiger partial charge in [0.05, 0.1) is 6.04 Å². The fraction of sp³-hybridized carbons (Fsp3) is 0.211. The van der Waals surface area contributed by atoms with E-state index < -0.39 is 17.1 Å². The Morgan fingerprint density at radius 1 is 0.830 bits per heavy atom. The second-order valence-electron chi connectivity index (χ2n) is 12.2. The first-order valence-corrected chi connectivity index (χ1v) is 15.7. The highest BCUT2D eigenvalue weighted by molar-refractivity contribution is 6.08. The molecule has 0 unspecified atom stereocenters. The van der Waals surface area contributed by atoms with Crippen molar-refractivity contribution < 1.29 is 9.90 Å². The summed E-state index contributed by atoms with van der Waals surface area (Å²) >= 11 is 0. The normalized spacial score (nSPS) is 16.6. The molecule has 236 valence electrons. The molecule has 0 radical (unpaired) electrons. The Morgan fingerprint density at radius 2 is 1.53 bits per heavy atom. The number of nitrogens with zero attached hydrogens (tertiary/aromatic N) is 4. The number of aromatic nitrogens is 3. The summed E-state index contributed by atoms with van der Waals surface area (Å²) < 4.78 is 3.17. The summed E-state index contributed by atoms with van der Waals surface area (Å²) in [6.07, 6.45) is 0.679. The Hall–Kier alpha value is -5.70. The number of fused-ring (bicyclic) bond motifs is 4. The zero-order valence-electron chi connectivity index (χ0n) is 26.5. The second kappa shape index (κ2) is 11.9. The number of para-hydroxylation sites is 1. The van der Waals surface area contributed by atoms with Gasteiger partial charge in [0.2, 0.25) is 5.88 Å². The molecule has 2 aromatic heterocycles. The van der Waals surface area contributed by atoms with E-state index in [0.29, 0.717) is 24.2 Å². The Morgan fingerprint density at radius 3 is 2.34 bits per heavy atom. The van der Waals surface area contributed by atoms with Gasteiger partial charge >= 0.3 is 5.69 Å². The molecular weight excluding hydrogens is 590 g/mol. The highest BCUT2D eigenvalue weighted by Crippen LogP contribution is 2.44. The fourth-order valence-electron chi connectivity index (χ4n) is 7.05. The van der Waals surface area contributed by atoms with Crippen molar-refractivity contribution >= 4 is 33.4 Å². The van der Waals surface area contributed by atoms with Gasteiger partial charge in [-0.2, -0.15) is 0 Å². The first-order chi connectivity index (χ1) is 22.7. The largest absolute Gasteiger partial charge is 0.494 e. The molecule has 0 spiro atoms. The lowest BCUT2D eigenvalue weighted by Gasteiger charge is -2.42. The second-order valence-corrected chi connectivity index (χ2v) is 12.2. The average molecular weight is 626 g/mol. The number of nitrogens with one attached hydrogen (secondary N) is 1. The maximum absolute atomic E-state index is 14.3. The van der Waals surface area contributed by atoms with Crippen molar-refractivity contribution in [3.05, 3.63) is 146 Å². The van der Waals surface area contributed by atoms with Gasteiger partial charge in [-0.3, -0.25) is 24.1 Å². The summed E-state index contributed by atoms with van der Waals surface area (Å²) in [4.78, 5) is 48.2. The van der Waals surface area contributed by atoms with E-state index in [1.165, 1.54) is 7.05 Å². The van der Waals surface area contributed by atoms with Crippen molar-refractivity contribution in [1.82, 2.24) is 19.0 Å². The highest BCUT2D eigenvalue weighted by Gasteiger charge is 2.40. The van der Waals surface area contributed by atoms with Crippen LogP contribution in [0.5, 0.6) is 5.88 Å². The number of aryl methyl sites for hydroxylation is 1. The third-order valence-electron chi connectivity index (χ3n) is 9.51. The number of hydrogen-bond donors (Lipinski definition) is 2. The number of amides is 1. The highest BCUT2D eigenvalue weighted by atomic mass is 16.3. The minimum atomic E-state index is -0.707. The van der Waals surface area contributed by atoms with E-state index in [0.717, 1.165) is 43.1 Å². The van der Waals surface area contributed by atoms with Crippen molar-refractivity contribution in [3.8, 4) is 5.88 Å². The minimum absolute atomic E-state index is 0.0383. The van der Waals surface area contributed by atoms with Crippen LogP contribution in [0.25, 0.3) is 21.8 Å². The molecule has 6 aromatic rings. The molecule has 9 heteroatoms. The quantitative estimate of drug-likeness (QED) is 0.230. The summed E-state index contributed by atoms with van der Waals surface area (Å²) in [5.41, 5.74) is 4.70. The van der Waals surface area contributed by atoms with E-state index in [-0.39, 0.29) is 30.0 Å². The summed E-state index contributed by atoms with van der Waals surface area (Å²) in [5.74, 6) is -0.749. The molecule has 4 aromatic carbocycles. The Balaban J connectivity index is 1.39. The van der Waals surface area contributed by atoms with Gasteiger partial charge < -0.3 is 14.6 Å². The first-order valence-electron chi connectivity index (χ1n) is 15.7. The molecule has 0 saturated carbocycles. The Labute approximate surface area is 271 Å². The standard InChI is InChI=1S/C38H35N5O4/c1-23(33-35(44)40-38(47)42(3)37(33)46)39-22-30-26-13-7-8-15-28(26)36(45)43(20-19-24-11-5-4-6-12-24)34(30)25-17-18-32-29(21-25)27-14-9-10-16-31(27)41(32)2/h4-18,21,30,34,46H,19-20,22H2,1-3H3,(H,40,44,47)/t30-,34-/m1/s1. The van der Waals surface area contributed by atoms with Crippen LogP contribution in [0.15, 0.2) is 112 Å². The Kier molecular flexibility index (Phi) is 7.60. The SMILES string of the molecule is CC(=NC[C@@H]1c2ccccc2C(=O)N(CCc2ccccc2)[C@@H]1c1ccc2c(c1)c1ccccc1n2C)c1c(O)n(C)c(=O)[nH]c1=O. The number of hydrogen-bond acceptors (Lipinski definition) is 5. The summed E-state index contributed by atoms with van der Waals surface area (Å²) in [6, 6.07) is 32.2. The predicted octanol–water partition coefficient (Wildman–Crippen LogP) is 5.46. The molecule has 1 aliphatic heterocycles. The van der Waals surface area contributed by atoms with Gasteiger partial charge in [-0.15, -0.1) is 0 Å². The zero-order valence-corrected chi connectivity index (χ0v) is 26.5. The van der Waals surface area contributed by atoms with Crippen LogP contribution in [0.4, 0.5) is 0 Å². The first kappa shape index (κ1) is 30.0. The van der Waals surface area contributed by atoms with Crippen LogP contribution in [0.2, 0.25) is 0 Å². The lowest BCUT2D eigenvalue weighted by Crippen LogP contribution is -2.44. The smallest absolute Gasteiger partial charge is 0.330 e. The van der Waals surface area contributed by atoms with Gasteiger partial charge in [-0.25, -0.2) is 4.79 Å². The maximum atomic E-state index is 14.3. The lowest BCUT2D eigenvalue weighted by atomic mass is 9.79. The molecule has 7 rings (SSSR count). The molecule has 1 aliphatic rings. The molecule has 0 bridgehead atoms. The molecule has 0 fully saturated rings. The predicted molar refractivity (Wildman–Crippen MR) is 185 cm³/mol. The third kappa shape index (κ3) is 5.13. The van der Waals surface area contributed by atoms with Crippen molar-refractivity contribution in [1.29, 1.82) is 0 Å². The monoisotopic (exact) mass is 625 g/mol. The van der Waals surface area contributed by atoms with Crippen molar-refractivity contribution in [3.63, 3.8) is 0 Å². The molecule has 9 nitrogen and oxygen atoms in total. The van der Waals surface area contributed by atoms with Crippen LogP contribution in [-0.2, 0) is 20.5 Å². The molecule has 3 heterocycles.